The molecule has 0 aromatic carbocycles. The predicted molar refractivity (Wildman–Crippen MR) is 60.3 cm³/mol. The van der Waals surface area contributed by atoms with Crippen LogP contribution in [0.25, 0.3) is 0 Å². The first-order valence-corrected chi connectivity index (χ1v) is 5.72. The predicted octanol–water partition coefficient (Wildman–Crippen LogP) is 3.60. The van der Waals surface area contributed by atoms with Crippen molar-refractivity contribution in [1.82, 2.24) is 0 Å². The third-order valence-corrected chi connectivity index (χ3v) is 1.79. The first-order valence-electron chi connectivity index (χ1n) is 5.72. The SMILES string of the molecule is CCCOC(CC(C)(C)C)OCCC. The van der Waals surface area contributed by atoms with E-state index in [1.54, 1.807) is 0 Å². The van der Waals surface area contributed by atoms with Crippen molar-refractivity contribution >= 4 is 0 Å². The lowest BCUT2D eigenvalue weighted by molar-refractivity contribution is -0.157. The van der Waals surface area contributed by atoms with Crippen LogP contribution in [0.1, 0.15) is 53.9 Å². The largest absolute Gasteiger partial charge is 0.353 e. The second kappa shape index (κ2) is 7.24. The van der Waals surface area contributed by atoms with E-state index in [1.807, 2.05) is 0 Å². The Bertz CT molecular complexity index is 119. The maximum atomic E-state index is 5.65. The molecule has 0 radical (unpaired) electrons. The summed E-state index contributed by atoms with van der Waals surface area (Å²) in [5, 5.41) is 0. The minimum Gasteiger partial charge on any atom is -0.353 e. The third kappa shape index (κ3) is 8.52. The van der Waals surface area contributed by atoms with Crippen LogP contribution in [-0.2, 0) is 9.47 Å². The van der Waals surface area contributed by atoms with Gasteiger partial charge >= 0.3 is 0 Å². The molecule has 86 valence electrons. The summed E-state index contributed by atoms with van der Waals surface area (Å²) in [7, 11) is 0. The Morgan fingerprint density at radius 2 is 1.36 bits per heavy atom. The topological polar surface area (TPSA) is 18.5 Å². The fourth-order valence-corrected chi connectivity index (χ4v) is 1.16. The highest BCUT2D eigenvalue weighted by Crippen LogP contribution is 2.23. The molecule has 0 aliphatic rings. The van der Waals surface area contributed by atoms with Gasteiger partial charge in [-0.3, -0.25) is 0 Å². The number of hydrogen-bond donors (Lipinski definition) is 0. The standard InChI is InChI=1S/C12H26O2/c1-6-8-13-11(14-9-7-2)10-12(3,4)5/h11H,6-10H2,1-5H3. The first kappa shape index (κ1) is 13.9. The molecule has 0 fully saturated rings. The molecule has 0 saturated heterocycles. The van der Waals surface area contributed by atoms with Crippen LogP contribution in [0.2, 0.25) is 0 Å². The smallest absolute Gasteiger partial charge is 0.158 e. The lowest BCUT2D eigenvalue weighted by atomic mass is 9.92. The molecular weight excluding hydrogens is 176 g/mol. The second-order valence-corrected chi connectivity index (χ2v) is 4.94. The van der Waals surface area contributed by atoms with Crippen LogP contribution < -0.4 is 0 Å². The van der Waals surface area contributed by atoms with Crippen LogP contribution in [0.15, 0.2) is 0 Å². The molecular formula is C12H26O2. The normalized spacial score (nSPS) is 12.4. The van der Waals surface area contributed by atoms with Crippen molar-refractivity contribution in [2.75, 3.05) is 13.2 Å². The Labute approximate surface area is 89.0 Å². The molecule has 0 aromatic heterocycles. The first-order chi connectivity index (χ1) is 6.49. The van der Waals surface area contributed by atoms with Gasteiger partial charge in [0.05, 0.1) is 0 Å². The summed E-state index contributed by atoms with van der Waals surface area (Å²) in [4.78, 5) is 0. The minimum atomic E-state index is -0.0186. The number of hydrogen-bond acceptors (Lipinski definition) is 2. The van der Waals surface area contributed by atoms with E-state index in [-0.39, 0.29) is 11.7 Å². The van der Waals surface area contributed by atoms with E-state index in [1.165, 1.54) is 0 Å². The average Bonchev–Trinajstić information content (AvgIpc) is 2.07. The molecule has 0 aliphatic carbocycles. The van der Waals surface area contributed by atoms with E-state index >= 15 is 0 Å². The summed E-state index contributed by atoms with van der Waals surface area (Å²) in [5.74, 6) is 0. The van der Waals surface area contributed by atoms with Gasteiger partial charge in [0.25, 0.3) is 0 Å². The Morgan fingerprint density at radius 1 is 0.929 bits per heavy atom. The van der Waals surface area contributed by atoms with Crippen LogP contribution in [0.5, 0.6) is 0 Å². The summed E-state index contributed by atoms with van der Waals surface area (Å²) in [6, 6.07) is 0. The summed E-state index contributed by atoms with van der Waals surface area (Å²) in [5.41, 5.74) is 0.270. The molecule has 0 saturated carbocycles. The van der Waals surface area contributed by atoms with Crippen LogP contribution >= 0.6 is 0 Å². The zero-order chi connectivity index (χ0) is 11.0. The van der Waals surface area contributed by atoms with Crippen molar-refractivity contribution in [3.05, 3.63) is 0 Å². The summed E-state index contributed by atoms with van der Waals surface area (Å²) in [6.45, 7) is 12.5. The van der Waals surface area contributed by atoms with Gasteiger partial charge < -0.3 is 9.47 Å². The lowest BCUT2D eigenvalue weighted by Crippen LogP contribution is -2.24. The van der Waals surface area contributed by atoms with Gasteiger partial charge in [0.15, 0.2) is 6.29 Å². The highest BCUT2D eigenvalue weighted by atomic mass is 16.7. The van der Waals surface area contributed by atoms with Gasteiger partial charge in [-0.25, -0.2) is 0 Å². The van der Waals surface area contributed by atoms with Gasteiger partial charge in [-0.05, 0) is 18.3 Å². The molecule has 14 heavy (non-hydrogen) atoms. The lowest BCUT2D eigenvalue weighted by Gasteiger charge is -2.26. The van der Waals surface area contributed by atoms with Crippen molar-refractivity contribution in [2.24, 2.45) is 5.41 Å². The minimum absolute atomic E-state index is 0.0186. The Hall–Kier alpha value is -0.0800. The average molecular weight is 202 g/mol. The maximum Gasteiger partial charge on any atom is 0.158 e. The van der Waals surface area contributed by atoms with Crippen molar-refractivity contribution < 1.29 is 9.47 Å². The molecule has 0 heterocycles. The molecule has 0 aliphatic heterocycles. The van der Waals surface area contributed by atoms with E-state index < -0.39 is 0 Å². The van der Waals surface area contributed by atoms with Crippen molar-refractivity contribution in [1.29, 1.82) is 0 Å². The zero-order valence-corrected chi connectivity index (χ0v) is 10.4. The maximum absolute atomic E-state index is 5.65. The monoisotopic (exact) mass is 202 g/mol. The van der Waals surface area contributed by atoms with Crippen molar-refractivity contribution in [3.8, 4) is 0 Å². The molecule has 2 nitrogen and oxygen atoms in total. The molecule has 0 atom stereocenters. The van der Waals surface area contributed by atoms with Gasteiger partial charge in [-0.1, -0.05) is 34.6 Å². The third-order valence-electron chi connectivity index (χ3n) is 1.79. The molecule has 2 heteroatoms. The second-order valence-electron chi connectivity index (χ2n) is 4.94. The number of rotatable bonds is 7. The van der Waals surface area contributed by atoms with E-state index in [0.29, 0.717) is 0 Å². The fourth-order valence-electron chi connectivity index (χ4n) is 1.16. The quantitative estimate of drug-likeness (QED) is 0.587. The van der Waals surface area contributed by atoms with Crippen molar-refractivity contribution in [2.45, 2.75) is 60.2 Å². The van der Waals surface area contributed by atoms with Crippen LogP contribution in [0.3, 0.4) is 0 Å². The van der Waals surface area contributed by atoms with Gasteiger partial charge in [0.1, 0.15) is 0 Å². The Kier molecular flexibility index (Phi) is 7.20. The molecule has 0 bridgehead atoms. The molecule has 0 aromatic rings. The number of ether oxygens (including phenoxy) is 2. The van der Waals surface area contributed by atoms with Crippen LogP contribution in [0, 0.1) is 5.41 Å². The zero-order valence-electron chi connectivity index (χ0n) is 10.4. The van der Waals surface area contributed by atoms with Gasteiger partial charge in [-0.2, -0.15) is 0 Å². The highest BCUT2D eigenvalue weighted by molar-refractivity contribution is 4.63. The highest BCUT2D eigenvalue weighted by Gasteiger charge is 2.19. The van der Waals surface area contributed by atoms with Gasteiger partial charge in [0, 0.05) is 19.6 Å². The van der Waals surface area contributed by atoms with Crippen LogP contribution in [-0.4, -0.2) is 19.5 Å². The molecule has 0 rings (SSSR count). The summed E-state index contributed by atoms with van der Waals surface area (Å²) < 4.78 is 11.3. The fraction of sp³-hybridized carbons (Fsp3) is 1.00. The van der Waals surface area contributed by atoms with Gasteiger partial charge in [-0.15, -0.1) is 0 Å². The van der Waals surface area contributed by atoms with E-state index in [2.05, 4.69) is 34.6 Å². The molecule has 0 unspecified atom stereocenters. The van der Waals surface area contributed by atoms with E-state index in [0.717, 1.165) is 32.5 Å². The molecule has 0 amide bonds. The van der Waals surface area contributed by atoms with Gasteiger partial charge in [0.2, 0.25) is 0 Å². The summed E-state index contributed by atoms with van der Waals surface area (Å²) in [6.07, 6.45) is 3.05. The molecule has 0 N–H and O–H groups in total. The van der Waals surface area contributed by atoms with E-state index in [9.17, 15) is 0 Å². The van der Waals surface area contributed by atoms with Crippen LogP contribution in [0.4, 0.5) is 0 Å². The summed E-state index contributed by atoms with van der Waals surface area (Å²) >= 11 is 0. The Balaban J connectivity index is 3.84. The molecule has 0 spiro atoms. The van der Waals surface area contributed by atoms with Crippen molar-refractivity contribution in [3.63, 3.8) is 0 Å². The van der Waals surface area contributed by atoms with E-state index in [4.69, 9.17) is 9.47 Å². The Morgan fingerprint density at radius 3 is 1.64 bits per heavy atom.